The summed E-state index contributed by atoms with van der Waals surface area (Å²) in [4.78, 5) is 0. The van der Waals surface area contributed by atoms with Crippen molar-refractivity contribution in [3.63, 3.8) is 0 Å². The summed E-state index contributed by atoms with van der Waals surface area (Å²) in [6, 6.07) is 6.16. The van der Waals surface area contributed by atoms with Crippen molar-refractivity contribution in [2.45, 2.75) is 12.3 Å². The first-order valence-electron chi connectivity index (χ1n) is 4.46. The first-order chi connectivity index (χ1) is 6.33. The summed E-state index contributed by atoms with van der Waals surface area (Å²) in [5.74, 6) is 0.454. The molecule has 0 saturated heterocycles. The van der Waals surface area contributed by atoms with E-state index in [2.05, 4.69) is 33.4 Å². The Morgan fingerprint density at radius 3 is 3.15 bits per heavy atom. The third-order valence-electron chi connectivity index (χ3n) is 2.48. The number of hydrogen-bond donors (Lipinski definition) is 2. The molecule has 0 bridgehead atoms. The topological polar surface area (TPSA) is 32.3 Å². The average Bonchev–Trinajstić information content (AvgIpc) is 2.51. The van der Waals surface area contributed by atoms with Crippen LogP contribution in [0.1, 0.15) is 17.9 Å². The number of nitrogens with one attached hydrogen (secondary N) is 1. The number of anilines is 1. The zero-order chi connectivity index (χ0) is 9.26. The van der Waals surface area contributed by atoms with Crippen LogP contribution in [0, 0.1) is 0 Å². The van der Waals surface area contributed by atoms with E-state index in [0.29, 0.717) is 5.92 Å². The smallest absolute Gasteiger partial charge is 0.0437 e. The van der Waals surface area contributed by atoms with E-state index in [0.717, 1.165) is 17.4 Å². The molecular weight excluding hydrogens is 230 g/mol. The number of fused-ring (bicyclic) bond motifs is 1. The molecule has 0 spiro atoms. The minimum absolute atomic E-state index is 0.257. The van der Waals surface area contributed by atoms with Gasteiger partial charge in [0.25, 0.3) is 0 Å². The maximum absolute atomic E-state index is 8.90. The summed E-state index contributed by atoms with van der Waals surface area (Å²) < 4.78 is 1.15. The third-order valence-corrected chi connectivity index (χ3v) is 3.17. The Kier molecular flexibility index (Phi) is 2.56. The van der Waals surface area contributed by atoms with Gasteiger partial charge in [-0.1, -0.05) is 22.0 Å². The molecule has 1 aliphatic heterocycles. The van der Waals surface area contributed by atoms with Crippen LogP contribution >= 0.6 is 15.9 Å². The molecule has 0 fully saturated rings. The van der Waals surface area contributed by atoms with E-state index in [1.807, 2.05) is 6.07 Å². The highest BCUT2D eigenvalue weighted by molar-refractivity contribution is 9.10. The number of aliphatic hydroxyl groups excluding tert-OH is 1. The van der Waals surface area contributed by atoms with Crippen LogP contribution in [0.5, 0.6) is 0 Å². The van der Waals surface area contributed by atoms with Gasteiger partial charge < -0.3 is 10.4 Å². The largest absolute Gasteiger partial charge is 0.396 e. The Morgan fingerprint density at radius 2 is 2.38 bits per heavy atom. The molecule has 3 heteroatoms. The molecule has 1 aromatic carbocycles. The average molecular weight is 242 g/mol. The molecule has 0 saturated carbocycles. The van der Waals surface area contributed by atoms with E-state index in [9.17, 15) is 0 Å². The van der Waals surface area contributed by atoms with Crippen LogP contribution in [-0.4, -0.2) is 18.3 Å². The van der Waals surface area contributed by atoms with Crippen LogP contribution in [0.4, 0.5) is 5.69 Å². The van der Waals surface area contributed by atoms with Gasteiger partial charge in [-0.2, -0.15) is 0 Å². The molecule has 1 aliphatic rings. The summed E-state index contributed by atoms with van der Waals surface area (Å²) in [6.45, 7) is 1.20. The van der Waals surface area contributed by atoms with Crippen LogP contribution in [0.15, 0.2) is 22.7 Å². The molecule has 2 nitrogen and oxygen atoms in total. The summed E-state index contributed by atoms with van der Waals surface area (Å²) in [6.07, 6.45) is 0.836. The first-order valence-corrected chi connectivity index (χ1v) is 5.25. The van der Waals surface area contributed by atoms with Gasteiger partial charge in [0.15, 0.2) is 0 Å². The van der Waals surface area contributed by atoms with Crippen molar-refractivity contribution in [3.05, 3.63) is 28.2 Å². The van der Waals surface area contributed by atoms with Crippen LogP contribution in [0.25, 0.3) is 0 Å². The van der Waals surface area contributed by atoms with Gasteiger partial charge in [-0.15, -0.1) is 0 Å². The van der Waals surface area contributed by atoms with Crippen LogP contribution in [0.2, 0.25) is 0 Å². The van der Waals surface area contributed by atoms with Gasteiger partial charge in [-0.3, -0.25) is 0 Å². The minimum Gasteiger partial charge on any atom is -0.396 e. The van der Waals surface area contributed by atoms with Gasteiger partial charge in [0, 0.05) is 29.2 Å². The lowest BCUT2D eigenvalue weighted by Crippen LogP contribution is -2.04. The van der Waals surface area contributed by atoms with E-state index in [1.54, 1.807) is 0 Å². The number of aliphatic hydroxyl groups is 1. The van der Waals surface area contributed by atoms with E-state index >= 15 is 0 Å². The number of rotatable bonds is 2. The minimum atomic E-state index is 0.257. The number of halogens is 1. The van der Waals surface area contributed by atoms with E-state index in [4.69, 9.17) is 5.11 Å². The zero-order valence-electron chi connectivity index (χ0n) is 7.26. The predicted octanol–water partition coefficient (Wildman–Crippen LogP) is 2.34. The monoisotopic (exact) mass is 241 g/mol. The fourth-order valence-corrected chi connectivity index (χ4v) is 2.53. The second-order valence-corrected chi connectivity index (χ2v) is 4.15. The lowest BCUT2D eigenvalue weighted by Gasteiger charge is -2.09. The third kappa shape index (κ3) is 1.58. The molecule has 13 heavy (non-hydrogen) atoms. The highest BCUT2D eigenvalue weighted by atomic mass is 79.9. The van der Waals surface area contributed by atoms with Gasteiger partial charge in [0.2, 0.25) is 0 Å². The van der Waals surface area contributed by atoms with Crippen LogP contribution < -0.4 is 5.32 Å². The fraction of sp³-hybridized carbons (Fsp3) is 0.400. The summed E-state index contributed by atoms with van der Waals surface area (Å²) >= 11 is 3.54. The molecule has 0 aliphatic carbocycles. The van der Waals surface area contributed by atoms with Gasteiger partial charge in [-0.25, -0.2) is 0 Å². The summed E-state index contributed by atoms with van der Waals surface area (Å²) in [7, 11) is 0. The molecule has 0 radical (unpaired) electrons. The maximum Gasteiger partial charge on any atom is 0.0437 e. The van der Waals surface area contributed by atoms with E-state index in [-0.39, 0.29) is 6.61 Å². The molecule has 1 heterocycles. The Bertz CT molecular complexity index is 312. The second kappa shape index (κ2) is 3.68. The maximum atomic E-state index is 8.90. The Morgan fingerprint density at radius 1 is 1.54 bits per heavy atom. The molecule has 1 atom stereocenters. The van der Waals surface area contributed by atoms with Crippen molar-refractivity contribution in [1.29, 1.82) is 0 Å². The standard InChI is InChI=1S/C10H12BrNO/c11-8-2-1-3-9-10(8)7(4-5-13)6-12-9/h1-3,7,12-13H,4-6H2. The summed E-state index contributed by atoms with van der Waals surface area (Å²) in [5, 5.41) is 12.2. The Balaban J connectivity index is 2.34. The molecule has 0 aromatic heterocycles. The lowest BCUT2D eigenvalue weighted by atomic mass is 9.98. The first kappa shape index (κ1) is 9.03. The quantitative estimate of drug-likeness (QED) is 0.834. The number of hydrogen-bond acceptors (Lipinski definition) is 2. The van der Waals surface area contributed by atoms with Crippen molar-refractivity contribution in [3.8, 4) is 0 Å². The lowest BCUT2D eigenvalue weighted by molar-refractivity contribution is 0.278. The van der Waals surface area contributed by atoms with Crippen LogP contribution in [0.3, 0.4) is 0 Å². The van der Waals surface area contributed by atoms with Crippen molar-refractivity contribution in [1.82, 2.24) is 0 Å². The molecule has 0 amide bonds. The fourth-order valence-electron chi connectivity index (χ4n) is 1.84. The normalized spacial score (nSPS) is 19.7. The predicted molar refractivity (Wildman–Crippen MR) is 57.1 cm³/mol. The van der Waals surface area contributed by atoms with Crippen molar-refractivity contribution in [2.24, 2.45) is 0 Å². The van der Waals surface area contributed by atoms with Gasteiger partial charge >= 0.3 is 0 Å². The van der Waals surface area contributed by atoms with Gasteiger partial charge in [0.05, 0.1) is 0 Å². The van der Waals surface area contributed by atoms with E-state index in [1.165, 1.54) is 11.3 Å². The van der Waals surface area contributed by atoms with Crippen molar-refractivity contribution >= 4 is 21.6 Å². The number of benzene rings is 1. The molecular formula is C10H12BrNO. The SMILES string of the molecule is OCCC1CNc2cccc(Br)c21. The highest BCUT2D eigenvalue weighted by Gasteiger charge is 2.23. The molecule has 2 rings (SSSR count). The molecule has 70 valence electrons. The zero-order valence-corrected chi connectivity index (χ0v) is 8.84. The molecule has 2 N–H and O–H groups in total. The van der Waals surface area contributed by atoms with Gasteiger partial charge in [-0.05, 0) is 24.1 Å². The molecule has 1 aromatic rings. The van der Waals surface area contributed by atoms with E-state index < -0.39 is 0 Å². The van der Waals surface area contributed by atoms with Gasteiger partial charge in [0.1, 0.15) is 0 Å². The highest BCUT2D eigenvalue weighted by Crippen LogP contribution is 2.38. The van der Waals surface area contributed by atoms with Crippen molar-refractivity contribution < 1.29 is 5.11 Å². The molecule has 1 unspecified atom stereocenters. The Hall–Kier alpha value is -0.540. The van der Waals surface area contributed by atoms with Crippen LogP contribution in [-0.2, 0) is 0 Å². The van der Waals surface area contributed by atoms with Crippen molar-refractivity contribution in [2.75, 3.05) is 18.5 Å². The second-order valence-electron chi connectivity index (χ2n) is 3.29. The Labute approximate surface area is 86.1 Å². The summed E-state index contributed by atoms with van der Waals surface area (Å²) in [5.41, 5.74) is 2.52.